The number of carbonyl (C=O) groups excluding carboxylic acids is 1. The predicted molar refractivity (Wildman–Crippen MR) is 89.2 cm³/mol. The summed E-state index contributed by atoms with van der Waals surface area (Å²) in [4.78, 5) is 12.1. The molecule has 0 unspecified atom stereocenters. The number of hydrogen-bond donors (Lipinski definition) is 1. The minimum atomic E-state index is -0.222. The van der Waals surface area contributed by atoms with E-state index in [4.69, 9.17) is 4.74 Å². The van der Waals surface area contributed by atoms with E-state index in [9.17, 15) is 4.79 Å². The number of nitrogens with one attached hydrogen (secondary N) is 1. The van der Waals surface area contributed by atoms with Crippen molar-refractivity contribution in [2.45, 2.75) is 26.7 Å². The number of hydrogen-bond acceptors (Lipinski definition) is 3. The molecular formula is C18H22N2O2. The summed E-state index contributed by atoms with van der Waals surface area (Å²) in [5.41, 5.74) is 6.38. The molecule has 0 bridgehead atoms. The van der Waals surface area contributed by atoms with Crippen molar-refractivity contribution in [3.05, 3.63) is 53.6 Å². The number of rotatable bonds is 4. The highest BCUT2D eigenvalue weighted by atomic mass is 16.5. The second-order valence-corrected chi connectivity index (χ2v) is 5.60. The van der Waals surface area contributed by atoms with Crippen LogP contribution in [0, 0.1) is 5.92 Å². The van der Waals surface area contributed by atoms with E-state index in [-0.39, 0.29) is 5.91 Å². The summed E-state index contributed by atoms with van der Waals surface area (Å²) < 4.78 is 5.08. The lowest BCUT2D eigenvalue weighted by molar-refractivity contribution is 0.0954. The van der Waals surface area contributed by atoms with Gasteiger partial charge in [-0.25, -0.2) is 5.43 Å². The van der Waals surface area contributed by atoms with Crippen molar-refractivity contribution in [2.24, 2.45) is 11.0 Å². The first-order valence-electron chi connectivity index (χ1n) is 7.34. The topological polar surface area (TPSA) is 50.7 Å². The number of amides is 1. The Morgan fingerprint density at radius 2 is 2.05 bits per heavy atom. The maximum absolute atomic E-state index is 12.1. The fraction of sp³-hybridized carbons (Fsp3) is 0.333. The number of nitrogens with zero attached hydrogens (tertiary/aromatic N) is 1. The highest BCUT2D eigenvalue weighted by Gasteiger charge is 2.18. The highest BCUT2D eigenvalue weighted by Crippen LogP contribution is 2.26. The van der Waals surface area contributed by atoms with Gasteiger partial charge in [-0.1, -0.05) is 18.2 Å². The van der Waals surface area contributed by atoms with E-state index in [1.54, 1.807) is 31.4 Å². The van der Waals surface area contributed by atoms with Crippen LogP contribution < -0.4 is 10.2 Å². The van der Waals surface area contributed by atoms with Crippen LogP contribution in [0.4, 0.5) is 0 Å². The molecule has 0 heterocycles. The van der Waals surface area contributed by atoms with Gasteiger partial charge in [0.25, 0.3) is 5.91 Å². The Labute approximate surface area is 131 Å². The standard InChI is InChI=1S/C18H22N2O2/c1-12(2)15-6-5-13(3)17(11-15)19-20-18(21)14-7-9-16(22-4)10-8-14/h5,7-10,15H,1,6,11H2,2-4H3,(H,20,21)/b19-17-/t15-/m1/s1. The zero-order chi connectivity index (χ0) is 16.1. The van der Waals surface area contributed by atoms with Crippen LogP contribution in [0.1, 0.15) is 37.0 Å². The zero-order valence-electron chi connectivity index (χ0n) is 13.3. The lowest BCUT2D eigenvalue weighted by Gasteiger charge is -2.22. The van der Waals surface area contributed by atoms with Crippen LogP contribution >= 0.6 is 0 Å². The van der Waals surface area contributed by atoms with Gasteiger partial charge in [0.05, 0.1) is 12.8 Å². The molecule has 1 atom stereocenters. The Kier molecular flexibility index (Phi) is 5.15. The van der Waals surface area contributed by atoms with E-state index in [1.165, 1.54) is 0 Å². The minimum Gasteiger partial charge on any atom is -0.497 e. The molecule has 1 aliphatic carbocycles. The Morgan fingerprint density at radius 1 is 1.36 bits per heavy atom. The Hall–Kier alpha value is -2.36. The molecule has 0 saturated heterocycles. The molecule has 4 heteroatoms. The molecule has 1 aliphatic rings. The minimum absolute atomic E-state index is 0.222. The summed E-state index contributed by atoms with van der Waals surface area (Å²) in [5.74, 6) is 0.902. The van der Waals surface area contributed by atoms with E-state index in [0.29, 0.717) is 11.5 Å². The summed E-state index contributed by atoms with van der Waals surface area (Å²) >= 11 is 0. The fourth-order valence-corrected chi connectivity index (χ4v) is 2.35. The Morgan fingerprint density at radius 3 is 2.64 bits per heavy atom. The van der Waals surface area contributed by atoms with Crippen LogP contribution in [-0.4, -0.2) is 18.7 Å². The molecule has 1 aromatic rings. The largest absolute Gasteiger partial charge is 0.497 e. The van der Waals surface area contributed by atoms with Gasteiger partial charge in [0.1, 0.15) is 5.75 Å². The lowest BCUT2D eigenvalue weighted by atomic mass is 9.85. The third-order valence-electron chi connectivity index (χ3n) is 3.95. The first kappa shape index (κ1) is 16.0. The molecule has 1 aromatic carbocycles. The van der Waals surface area contributed by atoms with E-state index in [2.05, 4.69) is 23.2 Å². The molecule has 0 aliphatic heterocycles. The van der Waals surface area contributed by atoms with Gasteiger partial charge < -0.3 is 4.74 Å². The van der Waals surface area contributed by atoms with Crippen molar-refractivity contribution in [2.75, 3.05) is 7.11 Å². The van der Waals surface area contributed by atoms with Crippen molar-refractivity contribution in [3.63, 3.8) is 0 Å². The quantitative estimate of drug-likeness (QED) is 0.680. The lowest BCUT2D eigenvalue weighted by Crippen LogP contribution is -2.23. The second kappa shape index (κ2) is 7.07. The number of ether oxygens (including phenoxy) is 1. The van der Waals surface area contributed by atoms with Crippen molar-refractivity contribution in [1.29, 1.82) is 0 Å². The second-order valence-electron chi connectivity index (χ2n) is 5.60. The molecular weight excluding hydrogens is 276 g/mol. The third-order valence-corrected chi connectivity index (χ3v) is 3.95. The van der Waals surface area contributed by atoms with Gasteiger partial charge in [0.2, 0.25) is 0 Å². The van der Waals surface area contributed by atoms with Crippen molar-refractivity contribution >= 4 is 11.6 Å². The summed E-state index contributed by atoms with van der Waals surface area (Å²) in [6.07, 6.45) is 3.97. The number of methoxy groups -OCH3 is 1. The van der Waals surface area contributed by atoms with Gasteiger partial charge in [0, 0.05) is 5.56 Å². The summed E-state index contributed by atoms with van der Waals surface area (Å²) in [6, 6.07) is 6.94. The molecule has 0 saturated carbocycles. The van der Waals surface area contributed by atoms with Crippen molar-refractivity contribution in [1.82, 2.24) is 5.43 Å². The average Bonchev–Trinajstić information content (AvgIpc) is 2.53. The van der Waals surface area contributed by atoms with Crippen LogP contribution in [0.3, 0.4) is 0 Å². The van der Waals surface area contributed by atoms with Crippen LogP contribution in [0.5, 0.6) is 5.75 Å². The monoisotopic (exact) mass is 298 g/mol. The van der Waals surface area contributed by atoms with Crippen LogP contribution in [0.25, 0.3) is 0 Å². The van der Waals surface area contributed by atoms with E-state index in [1.807, 2.05) is 13.8 Å². The molecule has 0 aromatic heterocycles. The molecule has 0 spiro atoms. The first-order valence-corrected chi connectivity index (χ1v) is 7.34. The predicted octanol–water partition coefficient (Wildman–Crippen LogP) is 3.71. The van der Waals surface area contributed by atoms with Gasteiger partial charge in [-0.2, -0.15) is 5.10 Å². The Bertz CT molecular complexity index is 627. The molecule has 0 fully saturated rings. The summed E-state index contributed by atoms with van der Waals surface area (Å²) in [5, 5.41) is 4.29. The van der Waals surface area contributed by atoms with Crippen LogP contribution in [-0.2, 0) is 0 Å². The smallest absolute Gasteiger partial charge is 0.271 e. The van der Waals surface area contributed by atoms with Gasteiger partial charge >= 0.3 is 0 Å². The maximum atomic E-state index is 12.1. The maximum Gasteiger partial charge on any atom is 0.271 e. The van der Waals surface area contributed by atoms with E-state index < -0.39 is 0 Å². The number of carbonyl (C=O) groups is 1. The van der Waals surface area contributed by atoms with E-state index >= 15 is 0 Å². The first-order chi connectivity index (χ1) is 10.5. The van der Waals surface area contributed by atoms with Crippen molar-refractivity contribution in [3.8, 4) is 5.75 Å². The Balaban J connectivity index is 2.06. The number of benzene rings is 1. The zero-order valence-corrected chi connectivity index (χ0v) is 13.3. The molecule has 4 nitrogen and oxygen atoms in total. The van der Waals surface area contributed by atoms with Gasteiger partial charge in [0.15, 0.2) is 0 Å². The fourth-order valence-electron chi connectivity index (χ4n) is 2.35. The summed E-state index contributed by atoms with van der Waals surface area (Å²) in [7, 11) is 1.59. The average molecular weight is 298 g/mol. The number of hydrazone groups is 1. The molecule has 0 radical (unpaired) electrons. The van der Waals surface area contributed by atoms with Gasteiger partial charge in [-0.05, 0) is 62.4 Å². The molecule has 1 amide bonds. The SMILES string of the molecule is C=C(C)[C@@H]1CC=C(C)/C(=N\NC(=O)c2ccc(OC)cc2)C1. The van der Waals surface area contributed by atoms with E-state index in [0.717, 1.165) is 35.4 Å². The van der Waals surface area contributed by atoms with Crippen molar-refractivity contribution < 1.29 is 9.53 Å². The summed E-state index contributed by atoms with van der Waals surface area (Å²) in [6.45, 7) is 8.07. The normalized spacial score (nSPS) is 19.5. The number of allylic oxidation sites excluding steroid dienone is 3. The third kappa shape index (κ3) is 3.85. The highest BCUT2D eigenvalue weighted by molar-refractivity contribution is 6.02. The molecule has 2 rings (SSSR count). The molecule has 116 valence electrons. The van der Waals surface area contributed by atoms with Gasteiger partial charge in [-0.15, -0.1) is 0 Å². The molecule has 22 heavy (non-hydrogen) atoms. The van der Waals surface area contributed by atoms with Crippen LogP contribution in [0.2, 0.25) is 0 Å². The molecule has 1 N–H and O–H groups in total. The van der Waals surface area contributed by atoms with Crippen LogP contribution in [0.15, 0.2) is 53.2 Å². The van der Waals surface area contributed by atoms with Gasteiger partial charge in [-0.3, -0.25) is 4.79 Å².